The molecule has 1 saturated heterocycles. The van der Waals surface area contributed by atoms with Gasteiger partial charge in [-0.1, -0.05) is 12.1 Å². The molecule has 150 valence electrons. The summed E-state index contributed by atoms with van der Waals surface area (Å²) < 4.78 is 6.70. The number of amides is 1. The maximum atomic E-state index is 12.8. The number of nitrogens with zero attached hydrogens (tertiary/aromatic N) is 3. The number of aromatic nitrogens is 2. The zero-order valence-corrected chi connectivity index (χ0v) is 16.8. The molecule has 28 heavy (non-hydrogen) atoms. The van der Waals surface area contributed by atoms with Crippen LogP contribution in [0, 0.1) is 10.1 Å². The van der Waals surface area contributed by atoms with Crippen molar-refractivity contribution in [3.63, 3.8) is 0 Å². The first kappa shape index (κ1) is 20.3. The molecule has 1 N–H and O–H groups in total. The van der Waals surface area contributed by atoms with Gasteiger partial charge in [0.25, 0.3) is 5.91 Å². The molecule has 0 unspecified atom stereocenters. The van der Waals surface area contributed by atoms with E-state index in [4.69, 9.17) is 4.74 Å². The molecule has 0 aliphatic carbocycles. The van der Waals surface area contributed by atoms with Gasteiger partial charge in [0.2, 0.25) is 0 Å². The molecule has 0 atom stereocenters. The van der Waals surface area contributed by atoms with Gasteiger partial charge in [0.05, 0.1) is 4.92 Å². The Bertz CT molecular complexity index is 846. The average Bonchev–Trinajstić information content (AvgIpc) is 3.19. The summed E-state index contributed by atoms with van der Waals surface area (Å²) in [5, 5.41) is 18.3. The average molecular weight is 404 g/mol. The molecule has 8 nitrogen and oxygen atoms in total. The van der Waals surface area contributed by atoms with Crippen molar-refractivity contribution in [1.29, 1.82) is 0 Å². The third-order valence-electron chi connectivity index (χ3n) is 4.75. The van der Waals surface area contributed by atoms with Crippen LogP contribution in [0.4, 0.5) is 11.4 Å². The van der Waals surface area contributed by atoms with Crippen molar-refractivity contribution in [3.05, 3.63) is 52.3 Å². The maximum Gasteiger partial charge on any atom is 0.307 e. The number of thioether (sulfide) groups is 1. The van der Waals surface area contributed by atoms with Gasteiger partial charge in [0, 0.05) is 29.9 Å². The van der Waals surface area contributed by atoms with Crippen LogP contribution in [0.5, 0.6) is 0 Å². The van der Waals surface area contributed by atoms with Crippen LogP contribution in [0.3, 0.4) is 0 Å². The molecular weight excluding hydrogens is 380 g/mol. The summed E-state index contributed by atoms with van der Waals surface area (Å²) in [7, 11) is 0. The summed E-state index contributed by atoms with van der Waals surface area (Å²) in [5.41, 5.74) is 0.626. The van der Waals surface area contributed by atoms with Crippen molar-refractivity contribution in [3.8, 4) is 0 Å². The summed E-state index contributed by atoms with van der Waals surface area (Å²) >= 11 is 1.92. The minimum atomic E-state index is -1.07. The van der Waals surface area contributed by atoms with Crippen molar-refractivity contribution < 1.29 is 14.5 Å². The van der Waals surface area contributed by atoms with Gasteiger partial charge in [-0.05, 0) is 44.4 Å². The Hall–Kier alpha value is -2.39. The van der Waals surface area contributed by atoms with Crippen LogP contribution in [0.15, 0.2) is 36.7 Å². The fourth-order valence-corrected chi connectivity index (χ4v) is 4.03. The predicted octanol–water partition coefficient (Wildman–Crippen LogP) is 3.58. The lowest BCUT2D eigenvalue weighted by atomic mass is 10.0. The van der Waals surface area contributed by atoms with E-state index >= 15 is 0 Å². The van der Waals surface area contributed by atoms with Crippen LogP contribution in [0.25, 0.3) is 0 Å². The molecule has 0 radical (unpaired) electrons. The topological polar surface area (TPSA) is 99.3 Å². The molecule has 1 aliphatic rings. The first-order valence-electron chi connectivity index (χ1n) is 9.15. The van der Waals surface area contributed by atoms with Gasteiger partial charge in [-0.3, -0.25) is 19.6 Å². The van der Waals surface area contributed by atoms with Gasteiger partial charge < -0.3 is 10.1 Å². The second-order valence-electron chi connectivity index (χ2n) is 7.24. The molecule has 0 bridgehead atoms. The van der Waals surface area contributed by atoms with Gasteiger partial charge in [0.1, 0.15) is 17.9 Å². The van der Waals surface area contributed by atoms with Crippen LogP contribution in [0.1, 0.15) is 32.3 Å². The summed E-state index contributed by atoms with van der Waals surface area (Å²) in [5.74, 6) is 0.586. The second-order valence-corrected chi connectivity index (χ2v) is 8.53. The molecule has 1 fully saturated rings. The van der Waals surface area contributed by atoms with Crippen LogP contribution in [0.2, 0.25) is 0 Å². The minimum absolute atomic E-state index is 0.145. The molecule has 2 aromatic rings. The molecule has 0 saturated carbocycles. The van der Waals surface area contributed by atoms with Crippen molar-refractivity contribution >= 4 is 29.0 Å². The lowest BCUT2D eigenvalue weighted by Crippen LogP contribution is -2.40. The standard InChI is InChI=1S/C19H24N4O4S/c1-19(2,22-12-16(11-20-22)23(25)26)18(24)21-15-5-3-4-14(10-15)13-28-17-6-8-27-9-7-17/h3-5,10-12,17H,6-9,13H2,1-2H3,(H,21,24). The lowest BCUT2D eigenvalue weighted by Gasteiger charge is -2.24. The smallest absolute Gasteiger partial charge is 0.307 e. The maximum absolute atomic E-state index is 12.8. The Balaban J connectivity index is 1.63. The number of benzene rings is 1. The first-order valence-corrected chi connectivity index (χ1v) is 10.2. The summed E-state index contributed by atoms with van der Waals surface area (Å²) in [4.78, 5) is 23.1. The van der Waals surface area contributed by atoms with E-state index in [2.05, 4.69) is 10.4 Å². The molecule has 1 amide bonds. The van der Waals surface area contributed by atoms with Crippen molar-refractivity contribution in [1.82, 2.24) is 9.78 Å². The molecule has 0 spiro atoms. The second kappa shape index (κ2) is 8.74. The van der Waals surface area contributed by atoms with Gasteiger partial charge in [-0.25, -0.2) is 0 Å². The molecule has 1 aliphatic heterocycles. The number of nitrogens with one attached hydrogen (secondary N) is 1. The summed E-state index contributed by atoms with van der Waals surface area (Å²) in [6.07, 6.45) is 4.56. The highest BCUT2D eigenvalue weighted by Crippen LogP contribution is 2.27. The van der Waals surface area contributed by atoms with Gasteiger partial charge >= 0.3 is 5.69 Å². The summed E-state index contributed by atoms with van der Waals surface area (Å²) in [6, 6.07) is 7.76. The number of anilines is 1. The van der Waals surface area contributed by atoms with E-state index in [0.29, 0.717) is 10.9 Å². The third kappa shape index (κ3) is 4.90. The van der Waals surface area contributed by atoms with Crippen LogP contribution < -0.4 is 5.32 Å². The highest BCUT2D eigenvalue weighted by molar-refractivity contribution is 7.99. The SMILES string of the molecule is CC(C)(C(=O)Nc1cccc(CSC2CCOCC2)c1)n1cc([N+](=O)[O-])cn1. The number of carbonyl (C=O) groups excluding carboxylic acids is 1. The highest BCUT2D eigenvalue weighted by atomic mass is 32.2. The van der Waals surface area contributed by atoms with Crippen molar-refractivity contribution in [2.45, 2.75) is 43.2 Å². The van der Waals surface area contributed by atoms with E-state index in [-0.39, 0.29) is 11.6 Å². The van der Waals surface area contributed by atoms with E-state index < -0.39 is 10.5 Å². The largest absolute Gasteiger partial charge is 0.381 e. The first-order chi connectivity index (χ1) is 13.4. The highest BCUT2D eigenvalue weighted by Gasteiger charge is 2.32. The Labute approximate surface area is 167 Å². The van der Waals surface area contributed by atoms with E-state index in [1.807, 2.05) is 36.0 Å². The summed E-state index contributed by atoms with van der Waals surface area (Å²) in [6.45, 7) is 5.00. The quantitative estimate of drug-likeness (QED) is 0.559. The van der Waals surface area contributed by atoms with E-state index in [1.165, 1.54) is 10.9 Å². The van der Waals surface area contributed by atoms with Crippen molar-refractivity contribution in [2.24, 2.45) is 0 Å². The van der Waals surface area contributed by atoms with Gasteiger partial charge in [-0.15, -0.1) is 0 Å². The fourth-order valence-electron chi connectivity index (χ4n) is 2.90. The van der Waals surface area contributed by atoms with Crippen LogP contribution >= 0.6 is 11.8 Å². The zero-order valence-electron chi connectivity index (χ0n) is 16.0. The molecular formula is C19H24N4O4S. The number of carbonyl (C=O) groups is 1. The fraction of sp³-hybridized carbons (Fsp3) is 0.474. The Morgan fingerprint density at radius 3 is 2.86 bits per heavy atom. The van der Waals surface area contributed by atoms with Crippen LogP contribution in [-0.2, 0) is 20.8 Å². The van der Waals surface area contributed by atoms with E-state index in [0.717, 1.165) is 43.6 Å². The van der Waals surface area contributed by atoms with Crippen LogP contribution in [-0.4, -0.2) is 39.1 Å². The third-order valence-corrected chi connectivity index (χ3v) is 6.19. The number of ether oxygens (including phenoxy) is 1. The minimum Gasteiger partial charge on any atom is -0.381 e. The molecule has 2 heterocycles. The molecule has 1 aromatic carbocycles. The number of hydrogen-bond donors (Lipinski definition) is 1. The molecule has 3 rings (SSSR count). The number of hydrogen-bond acceptors (Lipinski definition) is 6. The lowest BCUT2D eigenvalue weighted by molar-refractivity contribution is -0.385. The monoisotopic (exact) mass is 404 g/mol. The normalized spacial score (nSPS) is 15.4. The molecule has 9 heteroatoms. The Morgan fingerprint density at radius 2 is 2.18 bits per heavy atom. The van der Waals surface area contributed by atoms with E-state index in [1.54, 1.807) is 13.8 Å². The number of nitro groups is 1. The number of rotatable bonds is 7. The van der Waals surface area contributed by atoms with Gasteiger partial charge in [0.15, 0.2) is 0 Å². The Kier molecular flexibility index (Phi) is 6.35. The van der Waals surface area contributed by atoms with Gasteiger partial charge in [-0.2, -0.15) is 16.9 Å². The zero-order chi connectivity index (χ0) is 20.1. The van der Waals surface area contributed by atoms with E-state index in [9.17, 15) is 14.9 Å². The predicted molar refractivity (Wildman–Crippen MR) is 108 cm³/mol. The van der Waals surface area contributed by atoms with Crippen molar-refractivity contribution in [2.75, 3.05) is 18.5 Å². The Morgan fingerprint density at radius 1 is 1.43 bits per heavy atom. The molecule has 1 aromatic heterocycles.